The van der Waals surface area contributed by atoms with Crippen molar-refractivity contribution in [3.05, 3.63) is 95.1 Å². The molecule has 1 aliphatic heterocycles. The molecule has 1 amide bonds. The lowest BCUT2D eigenvalue weighted by molar-refractivity contribution is -0.137. The highest BCUT2D eigenvalue weighted by molar-refractivity contribution is 7.13. The molecule has 3 heterocycles. The van der Waals surface area contributed by atoms with Crippen molar-refractivity contribution in [3.63, 3.8) is 0 Å². The van der Waals surface area contributed by atoms with E-state index in [4.69, 9.17) is 0 Å². The fraction of sp³-hybridized carbons (Fsp3) is 0.222. The Bertz CT molecular complexity index is 1370. The maximum absolute atomic E-state index is 12.8. The van der Waals surface area contributed by atoms with Gasteiger partial charge in [0.25, 0.3) is 5.91 Å². The van der Waals surface area contributed by atoms with Crippen LogP contribution in [0.4, 0.5) is 24.7 Å². The highest BCUT2D eigenvalue weighted by atomic mass is 32.1. The summed E-state index contributed by atoms with van der Waals surface area (Å²) in [7, 11) is 0. The van der Waals surface area contributed by atoms with E-state index in [2.05, 4.69) is 20.2 Å². The lowest BCUT2D eigenvalue weighted by atomic mass is 9.84. The van der Waals surface area contributed by atoms with Crippen LogP contribution in [-0.4, -0.2) is 34.1 Å². The molecule has 0 radical (unpaired) electrons. The molecule has 5 rings (SSSR count). The zero-order valence-electron chi connectivity index (χ0n) is 19.6. The molecule has 0 aliphatic carbocycles. The van der Waals surface area contributed by atoms with E-state index in [9.17, 15) is 23.1 Å². The number of pyridine rings is 1. The van der Waals surface area contributed by atoms with Crippen LogP contribution in [0.15, 0.2) is 78.3 Å². The standard InChI is InChI=1S/C27H23F3N4O2S/c28-27(29,30)20-8-6-18(7-9-20)25-33-22(17-37-25)24(35)32-21-10-11-23(31-16-21)34-14-12-26(36,13-15-34)19-4-2-1-3-5-19/h1-11,16-17,36H,12-15H2,(H,32,35). The Kier molecular flexibility index (Phi) is 6.70. The Morgan fingerprint density at radius 1 is 1.00 bits per heavy atom. The minimum absolute atomic E-state index is 0.167. The maximum Gasteiger partial charge on any atom is 0.416 e. The summed E-state index contributed by atoms with van der Waals surface area (Å²) in [4.78, 5) is 23.5. The molecule has 2 aromatic heterocycles. The summed E-state index contributed by atoms with van der Waals surface area (Å²) in [5.41, 5.74) is 0.500. The van der Waals surface area contributed by atoms with E-state index in [1.807, 2.05) is 36.4 Å². The van der Waals surface area contributed by atoms with Crippen molar-refractivity contribution in [3.8, 4) is 10.6 Å². The largest absolute Gasteiger partial charge is 0.416 e. The van der Waals surface area contributed by atoms with Crippen molar-refractivity contribution in [1.82, 2.24) is 9.97 Å². The third kappa shape index (κ3) is 5.50. The van der Waals surface area contributed by atoms with Crippen molar-refractivity contribution in [2.75, 3.05) is 23.3 Å². The molecule has 6 nitrogen and oxygen atoms in total. The number of nitrogens with zero attached hydrogens (tertiary/aromatic N) is 3. The van der Waals surface area contributed by atoms with E-state index in [-0.39, 0.29) is 5.69 Å². The number of halogens is 3. The van der Waals surface area contributed by atoms with Gasteiger partial charge in [-0.15, -0.1) is 11.3 Å². The number of thiazole rings is 1. The van der Waals surface area contributed by atoms with Crippen LogP contribution in [0.25, 0.3) is 10.6 Å². The van der Waals surface area contributed by atoms with E-state index in [0.717, 1.165) is 23.5 Å². The van der Waals surface area contributed by atoms with Crippen LogP contribution in [-0.2, 0) is 11.8 Å². The average molecular weight is 525 g/mol. The summed E-state index contributed by atoms with van der Waals surface area (Å²) in [6.45, 7) is 1.30. The lowest BCUT2D eigenvalue weighted by Gasteiger charge is -2.39. The van der Waals surface area contributed by atoms with Gasteiger partial charge in [0.2, 0.25) is 0 Å². The number of anilines is 2. The Morgan fingerprint density at radius 3 is 2.32 bits per heavy atom. The van der Waals surface area contributed by atoms with Gasteiger partial charge in [0, 0.05) is 24.0 Å². The molecule has 0 bridgehead atoms. The monoisotopic (exact) mass is 524 g/mol. The molecule has 10 heteroatoms. The summed E-state index contributed by atoms with van der Waals surface area (Å²) in [5.74, 6) is 0.321. The van der Waals surface area contributed by atoms with Crippen molar-refractivity contribution in [1.29, 1.82) is 0 Å². The molecule has 4 aromatic rings. The van der Waals surface area contributed by atoms with Crippen LogP contribution >= 0.6 is 11.3 Å². The Balaban J connectivity index is 1.19. The third-order valence-corrected chi connectivity index (χ3v) is 7.32. The molecule has 0 saturated carbocycles. The normalized spacial score (nSPS) is 15.4. The summed E-state index contributed by atoms with van der Waals surface area (Å²) < 4.78 is 38.3. The number of aromatic nitrogens is 2. The number of hydrogen-bond donors (Lipinski definition) is 2. The molecule has 0 spiro atoms. The first kappa shape index (κ1) is 24.9. The zero-order chi connectivity index (χ0) is 26.0. The van der Waals surface area contributed by atoms with E-state index in [0.29, 0.717) is 42.2 Å². The first-order chi connectivity index (χ1) is 17.7. The smallest absolute Gasteiger partial charge is 0.385 e. The van der Waals surface area contributed by atoms with E-state index >= 15 is 0 Å². The maximum atomic E-state index is 12.8. The predicted octanol–water partition coefficient (Wildman–Crippen LogP) is 5.96. The Morgan fingerprint density at radius 2 is 1.70 bits per heavy atom. The van der Waals surface area contributed by atoms with Crippen LogP contribution in [0, 0.1) is 0 Å². The molecule has 0 atom stereocenters. The summed E-state index contributed by atoms with van der Waals surface area (Å²) in [5, 5.41) is 15.8. The molecule has 37 heavy (non-hydrogen) atoms. The quantitative estimate of drug-likeness (QED) is 0.337. The van der Waals surface area contributed by atoms with Crippen LogP contribution in [0.1, 0.15) is 34.5 Å². The minimum Gasteiger partial charge on any atom is -0.385 e. The lowest BCUT2D eigenvalue weighted by Crippen LogP contribution is -2.42. The van der Waals surface area contributed by atoms with Crippen LogP contribution in [0.2, 0.25) is 0 Å². The van der Waals surface area contributed by atoms with Gasteiger partial charge in [-0.2, -0.15) is 13.2 Å². The molecule has 2 N–H and O–H groups in total. The second-order valence-electron chi connectivity index (χ2n) is 8.86. The molecule has 190 valence electrons. The zero-order valence-corrected chi connectivity index (χ0v) is 20.4. The molecule has 1 fully saturated rings. The van der Waals surface area contributed by atoms with E-state index in [1.165, 1.54) is 23.5 Å². The fourth-order valence-electron chi connectivity index (χ4n) is 4.30. The molecule has 1 aliphatic rings. The fourth-order valence-corrected chi connectivity index (χ4v) is 5.10. The SMILES string of the molecule is O=C(Nc1ccc(N2CCC(O)(c3ccccc3)CC2)nc1)c1csc(-c2ccc(C(F)(F)F)cc2)n1. The number of alkyl halides is 3. The number of piperidine rings is 1. The Labute approximate surface area is 215 Å². The number of carbonyl (C=O) groups is 1. The van der Waals surface area contributed by atoms with Gasteiger partial charge in [-0.25, -0.2) is 9.97 Å². The highest BCUT2D eigenvalue weighted by Gasteiger charge is 2.34. The summed E-state index contributed by atoms with van der Waals surface area (Å²) in [6.07, 6.45) is -1.67. The second kappa shape index (κ2) is 9.95. The number of amides is 1. The van der Waals surface area contributed by atoms with Gasteiger partial charge < -0.3 is 15.3 Å². The number of aliphatic hydroxyl groups is 1. The molecule has 1 saturated heterocycles. The third-order valence-electron chi connectivity index (χ3n) is 6.43. The van der Waals surface area contributed by atoms with Crippen LogP contribution in [0.5, 0.6) is 0 Å². The van der Waals surface area contributed by atoms with Gasteiger partial charge in [-0.3, -0.25) is 4.79 Å². The van der Waals surface area contributed by atoms with E-state index < -0.39 is 23.2 Å². The van der Waals surface area contributed by atoms with Gasteiger partial charge in [0.15, 0.2) is 0 Å². The van der Waals surface area contributed by atoms with Gasteiger partial charge in [-0.1, -0.05) is 42.5 Å². The van der Waals surface area contributed by atoms with Gasteiger partial charge in [0.1, 0.15) is 16.5 Å². The number of hydrogen-bond acceptors (Lipinski definition) is 6. The van der Waals surface area contributed by atoms with Crippen LogP contribution in [0.3, 0.4) is 0 Å². The molecule has 2 aromatic carbocycles. The van der Waals surface area contributed by atoms with Crippen LogP contribution < -0.4 is 10.2 Å². The second-order valence-corrected chi connectivity index (χ2v) is 9.71. The van der Waals surface area contributed by atoms with Crippen molar-refractivity contribution >= 4 is 28.7 Å². The number of carbonyl (C=O) groups excluding carboxylic acids is 1. The number of rotatable bonds is 5. The van der Waals surface area contributed by atoms with Crippen molar-refractivity contribution < 1.29 is 23.1 Å². The molecular weight excluding hydrogens is 501 g/mol. The topological polar surface area (TPSA) is 78.4 Å². The molecular formula is C27H23F3N4O2S. The molecule has 0 unspecified atom stereocenters. The van der Waals surface area contributed by atoms with Crippen molar-refractivity contribution in [2.45, 2.75) is 24.6 Å². The van der Waals surface area contributed by atoms with Gasteiger partial charge in [0.05, 0.1) is 23.0 Å². The van der Waals surface area contributed by atoms with Gasteiger partial charge in [-0.05, 0) is 42.7 Å². The highest BCUT2D eigenvalue weighted by Crippen LogP contribution is 2.34. The minimum atomic E-state index is -4.41. The first-order valence-electron chi connectivity index (χ1n) is 11.6. The Hall–Kier alpha value is -3.76. The number of benzene rings is 2. The first-order valence-corrected chi connectivity index (χ1v) is 12.5. The van der Waals surface area contributed by atoms with Crippen molar-refractivity contribution in [2.24, 2.45) is 0 Å². The summed E-state index contributed by atoms with van der Waals surface area (Å²) >= 11 is 1.18. The summed E-state index contributed by atoms with van der Waals surface area (Å²) in [6, 6.07) is 17.9. The number of nitrogens with one attached hydrogen (secondary N) is 1. The van der Waals surface area contributed by atoms with E-state index in [1.54, 1.807) is 17.6 Å². The average Bonchev–Trinajstić information content (AvgIpc) is 3.41. The predicted molar refractivity (Wildman–Crippen MR) is 137 cm³/mol. The van der Waals surface area contributed by atoms with Gasteiger partial charge >= 0.3 is 6.18 Å².